The zero-order valence-corrected chi connectivity index (χ0v) is 39.1. The molecular weight excluding hydrogens is 881 g/mol. The highest BCUT2D eigenvalue weighted by Gasteiger charge is 2.58. The minimum atomic E-state index is -0.999. The number of carbonyl (C=O) groups is 2. The van der Waals surface area contributed by atoms with Crippen LogP contribution in [0.4, 0.5) is 0 Å². The van der Waals surface area contributed by atoms with Crippen LogP contribution in [0.2, 0.25) is 0 Å². The van der Waals surface area contributed by atoms with Gasteiger partial charge in [0.25, 0.3) is 0 Å². The average Bonchev–Trinajstić information content (AvgIpc) is 3.71. The van der Waals surface area contributed by atoms with Gasteiger partial charge in [0.2, 0.25) is 0 Å². The largest absolute Gasteiger partial charge is 0.491 e. The van der Waals surface area contributed by atoms with Gasteiger partial charge in [0.1, 0.15) is 55.0 Å². The fraction of sp³-hybridized carbons (Fsp3) is 0.233. The van der Waals surface area contributed by atoms with E-state index in [9.17, 15) is 9.59 Å². The Balaban J connectivity index is 0.759. The van der Waals surface area contributed by atoms with E-state index < -0.39 is 22.9 Å². The lowest BCUT2D eigenvalue weighted by Crippen LogP contribution is -2.52. The predicted octanol–water partition coefficient (Wildman–Crippen LogP) is 11.0. The van der Waals surface area contributed by atoms with Crippen molar-refractivity contribution in [2.45, 2.75) is 23.4 Å². The van der Waals surface area contributed by atoms with Gasteiger partial charge in [-0.15, -0.1) is 0 Å². The van der Waals surface area contributed by atoms with E-state index in [1.165, 1.54) is 22.3 Å². The van der Waals surface area contributed by atoms with Crippen molar-refractivity contribution in [3.8, 4) is 34.1 Å². The number of carbonyl (C=O) groups excluding carboxylic acids is 2. The maximum Gasteiger partial charge on any atom is 0.330 e. The molecule has 0 saturated heterocycles. The minimum Gasteiger partial charge on any atom is -0.491 e. The molecule has 354 valence electrons. The third-order valence-electron chi connectivity index (χ3n) is 13.7. The van der Waals surface area contributed by atoms with Gasteiger partial charge in [0.15, 0.2) is 0 Å². The van der Waals surface area contributed by atoms with Crippen molar-refractivity contribution in [3.63, 3.8) is 0 Å². The molecule has 4 aliphatic rings. The van der Waals surface area contributed by atoms with Crippen LogP contribution in [0.25, 0.3) is 11.1 Å². The summed E-state index contributed by atoms with van der Waals surface area (Å²) in [6.45, 7) is 5.50. The number of methoxy groups -OCH3 is 1. The molecule has 10 heteroatoms. The number of ether oxygens (including phenoxy) is 8. The number of fused-ring (bicyclic) bond motifs is 4. The van der Waals surface area contributed by atoms with E-state index in [1.54, 1.807) is 7.11 Å². The lowest BCUT2D eigenvalue weighted by molar-refractivity contribution is -0.164. The first kappa shape index (κ1) is 46.2. The third-order valence-corrected chi connectivity index (χ3v) is 13.7. The van der Waals surface area contributed by atoms with Crippen molar-refractivity contribution in [2.24, 2.45) is 5.92 Å². The van der Waals surface area contributed by atoms with Crippen molar-refractivity contribution >= 4 is 11.9 Å². The molecule has 0 N–H and O–H groups in total. The van der Waals surface area contributed by atoms with Crippen molar-refractivity contribution in [1.29, 1.82) is 0 Å². The number of esters is 2. The monoisotopic (exact) mass is 934 g/mol. The molecule has 7 aromatic carbocycles. The summed E-state index contributed by atoms with van der Waals surface area (Å²) in [6, 6.07) is 57.8. The average molecular weight is 935 g/mol. The molecule has 11 rings (SSSR count). The van der Waals surface area contributed by atoms with Gasteiger partial charge >= 0.3 is 11.9 Å². The van der Waals surface area contributed by atoms with Crippen LogP contribution in [0, 0.1) is 5.92 Å². The highest BCUT2D eigenvalue weighted by Crippen LogP contribution is 2.60. The third kappa shape index (κ3) is 8.63. The first-order valence-electron chi connectivity index (χ1n) is 23.7. The lowest BCUT2D eigenvalue weighted by atomic mass is 9.56. The minimum absolute atomic E-state index is 0.0160. The molecule has 0 amide bonds. The van der Waals surface area contributed by atoms with E-state index in [-0.39, 0.29) is 38.3 Å². The fourth-order valence-electron chi connectivity index (χ4n) is 10.8. The molecule has 0 fully saturated rings. The highest BCUT2D eigenvalue weighted by atomic mass is 16.6. The van der Waals surface area contributed by atoms with Crippen molar-refractivity contribution < 1.29 is 47.5 Å². The molecule has 0 spiro atoms. The maximum atomic E-state index is 14.0. The molecular formula is C60H54O10. The van der Waals surface area contributed by atoms with Crippen LogP contribution >= 0.6 is 0 Å². The van der Waals surface area contributed by atoms with Gasteiger partial charge in [-0.3, -0.25) is 4.79 Å². The standard InChI is InChI=1S/C60H54O10/c1-3-57(61)68-37-33-64-31-35-66-43-25-21-41(22-26-43)59(52-18-10-7-15-47(52)48-16-8-11-19-53(48)59)42-23-27-44(28-24-42)67-36-32-65-34-38-69-58(62)56-40-50-49-17-9-12-20-54(49)60(56,63-2)55-30-29-46(39-51(50)55)70-45-13-5-4-6-14-45/h3-30,39,50,56H,1,31-38,40H2,2H3. The summed E-state index contributed by atoms with van der Waals surface area (Å²) in [7, 11) is 1.68. The summed E-state index contributed by atoms with van der Waals surface area (Å²) in [5.74, 6) is 1.60. The van der Waals surface area contributed by atoms with Gasteiger partial charge in [-0.25, -0.2) is 4.79 Å². The Morgan fingerprint density at radius 2 is 1.04 bits per heavy atom. The summed E-state index contributed by atoms with van der Waals surface area (Å²) in [6.07, 6.45) is 1.68. The number of hydrogen-bond donors (Lipinski definition) is 0. The molecule has 0 saturated carbocycles. The van der Waals surface area contributed by atoms with Crippen LogP contribution in [-0.2, 0) is 44.3 Å². The van der Waals surface area contributed by atoms with E-state index in [1.807, 2.05) is 78.9 Å². The molecule has 3 atom stereocenters. The van der Waals surface area contributed by atoms with Crippen LogP contribution in [0.5, 0.6) is 23.0 Å². The van der Waals surface area contributed by atoms with E-state index >= 15 is 0 Å². The van der Waals surface area contributed by atoms with Crippen LogP contribution in [0.1, 0.15) is 56.8 Å². The second-order valence-electron chi connectivity index (χ2n) is 17.4. The molecule has 0 aromatic heterocycles. The summed E-state index contributed by atoms with van der Waals surface area (Å²) in [5, 5.41) is 0. The number of para-hydroxylation sites is 1. The normalized spacial score (nSPS) is 17.6. The Bertz CT molecular complexity index is 2920. The van der Waals surface area contributed by atoms with Gasteiger partial charge in [-0.2, -0.15) is 0 Å². The lowest BCUT2D eigenvalue weighted by Gasteiger charge is -2.52. The molecule has 3 unspecified atom stereocenters. The highest BCUT2D eigenvalue weighted by molar-refractivity contribution is 5.86. The Morgan fingerprint density at radius 1 is 0.529 bits per heavy atom. The fourth-order valence-corrected chi connectivity index (χ4v) is 10.8. The van der Waals surface area contributed by atoms with Crippen LogP contribution in [-0.4, -0.2) is 71.9 Å². The Kier molecular flexibility index (Phi) is 13.6. The van der Waals surface area contributed by atoms with Gasteiger partial charge in [-0.05, 0) is 111 Å². The molecule has 0 heterocycles. The topological polar surface area (TPSA) is 108 Å². The summed E-state index contributed by atoms with van der Waals surface area (Å²) in [4.78, 5) is 25.3. The molecule has 2 bridgehead atoms. The van der Waals surface area contributed by atoms with Gasteiger partial charge in [0, 0.05) is 19.1 Å². The number of benzene rings is 7. The Morgan fingerprint density at radius 3 is 1.64 bits per heavy atom. The molecule has 4 aliphatic carbocycles. The van der Waals surface area contributed by atoms with Crippen LogP contribution < -0.4 is 14.2 Å². The second-order valence-corrected chi connectivity index (χ2v) is 17.4. The zero-order chi connectivity index (χ0) is 47.9. The van der Waals surface area contributed by atoms with Gasteiger partial charge in [0.05, 0.1) is 37.8 Å². The molecule has 0 aliphatic heterocycles. The zero-order valence-electron chi connectivity index (χ0n) is 39.1. The summed E-state index contributed by atoms with van der Waals surface area (Å²) >= 11 is 0. The van der Waals surface area contributed by atoms with Crippen molar-refractivity contribution in [3.05, 3.63) is 227 Å². The number of hydrogen-bond acceptors (Lipinski definition) is 10. The quantitative estimate of drug-likeness (QED) is 0.0393. The van der Waals surface area contributed by atoms with E-state index in [0.29, 0.717) is 32.8 Å². The van der Waals surface area contributed by atoms with E-state index in [4.69, 9.17) is 37.9 Å². The first-order valence-corrected chi connectivity index (χ1v) is 23.7. The predicted molar refractivity (Wildman–Crippen MR) is 266 cm³/mol. The summed E-state index contributed by atoms with van der Waals surface area (Å²) < 4.78 is 47.2. The Labute approximate surface area is 408 Å². The Hall–Kier alpha value is -7.50. The van der Waals surface area contributed by atoms with Gasteiger partial charge in [-0.1, -0.05) is 128 Å². The number of rotatable bonds is 21. The van der Waals surface area contributed by atoms with Crippen molar-refractivity contribution in [2.75, 3.05) is 60.0 Å². The van der Waals surface area contributed by atoms with E-state index in [0.717, 1.165) is 62.5 Å². The summed E-state index contributed by atoms with van der Waals surface area (Å²) in [5.41, 5.74) is 9.62. The molecule has 7 aromatic rings. The van der Waals surface area contributed by atoms with E-state index in [2.05, 4.69) is 97.6 Å². The molecule has 0 radical (unpaired) electrons. The first-order chi connectivity index (χ1) is 34.4. The van der Waals surface area contributed by atoms with Crippen LogP contribution in [0.15, 0.2) is 183 Å². The smallest absolute Gasteiger partial charge is 0.330 e. The van der Waals surface area contributed by atoms with Gasteiger partial charge < -0.3 is 37.9 Å². The SMILES string of the molecule is C=CC(=O)OCCOCCOc1ccc(C2(c3ccc(OCCOCCOC(=O)C4CC5c6ccccc6C4(OC)c4ccc(Oc6ccccc6)cc45)cc3)c3ccccc3-c3ccccc32)cc1. The molecule has 10 nitrogen and oxygen atoms in total. The van der Waals surface area contributed by atoms with Crippen molar-refractivity contribution in [1.82, 2.24) is 0 Å². The maximum absolute atomic E-state index is 14.0. The second kappa shape index (κ2) is 20.6. The molecule has 70 heavy (non-hydrogen) atoms. The van der Waals surface area contributed by atoms with Crippen LogP contribution in [0.3, 0.4) is 0 Å².